The fourth-order valence-electron chi connectivity index (χ4n) is 4.24. The third-order valence-electron chi connectivity index (χ3n) is 5.96. The van der Waals surface area contributed by atoms with Gasteiger partial charge in [-0.05, 0) is 44.4 Å². The van der Waals surface area contributed by atoms with Crippen LogP contribution in [0.5, 0.6) is 0 Å². The molecule has 0 amide bonds. The highest BCUT2D eigenvalue weighted by molar-refractivity contribution is 14.0. The van der Waals surface area contributed by atoms with Gasteiger partial charge >= 0.3 is 0 Å². The van der Waals surface area contributed by atoms with Gasteiger partial charge in [-0.15, -0.1) is 34.2 Å². The molecular formula is C25H34IN7. The predicted molar refractivity (Wildman–Crippen MR) is 144 cm³/mol. The summed E-state index contributed by atoms with van der Waals surface area (Å²) in [6.45, 7) is 7.79. The molecule has 7 nitrogen and oxygen atoms in total. The lowest BCUT2D eigenvalue weighted by atomic mass is 9.97. The Morgan fingerprint density at radius 2 is 1.82 bits per heavy atom. The zero-order valence-electron chi connectivity index (χ0n) is 19.4. The first-order valence-electron chi connectivity index (χ1n) is 11.5. The van der Waals surface area contributed by atoms with E-state index in [2.05, 4.69) is 69.9 Å². The first-order chi connectivity index (χ1) is 15.7. The molecule has 176 valence electrons. The first kappa shape index (κ1) is 25.2. The van der Waals surface area contributed by atoms with Gasteiger partial charge in [0.2, 0.25) is 0 Å². The lowest BCUT2D eigenvalue weighted by Crippen LogP contribution is -2.51. The number of piperidine rings is 1. The lowest BCUT2D eigenvalue weighted by molar-refractivity contribution is 0.134. The van der Waals surface area contributed by atoms with E-state index in [-0.39, 0.29) is 24.0 Å². The number of guanidine groups is 1. The quantitative estimate of drug-likeness (QED) is 0.260. The molecule has 1 aliphatic rings. The third kappa shape index (κ3) is 7.01. The predicted octanol–water partition coefficient (Wildman–Crippen LogP) is 3.99. The Bertz CT molecular complexity index is 990. The van der Waals surface area contributed by atoms with E-state index in [1.54, 1.807) is 6.33 Å². The minimum atomic E-state index is 0. The van der Waals surface area contributed by atoms with Crippen LogP contribution in [-0.2, 0) is 13.1 Å². The summed E-state index contributed by atoms with van der Waals surface area (Å²) < 4.78 is 1.98. The van der Waals surface area contributed by atoms with Crippen molar-refractivity contribution in [2.75, 3.05) is 13.1 Å². The molecule has 0 spiro atoms. The second-order valence-corrected chi connectivity index (χ2v) is 8.32. The van der Waals surface area contributed by atoms with Crippen LogP contribution >= 0.6 is 24.0 Å². The summed E-state index contributed by atoms with van der Waals surface area (Å²) in [6.07, 6.45) is 3.93. The average molecular weight is 560 g/mol. The number of nitrogens with zero attached hydrogens (tertiary/aromatic N) is 5. The lowest BCUT2D eigenvalue weighted by Gasteiger charge is -2.38. The van der Waals surface area contributed by atoms with Gasteiger partial charge in [0, 0.05) is 37.4 Å². The average Bonchev–Trinajstić information content (AvgIpc) is 3.29. The van der Waals surface area contributed by atoms with Crippen molar-refractivity contribution in [2.24, 2.45) is 4.99 Å². The number of halogens is 1. The summed E-state index contributed by atoms with van der Waals surface area (Å²) in [7, 11) is 0. The van der Waals surface area contributed by atoms with E-state index in [9.17, 15) is 0 Å². The van der Waals surface area contributed by atoms with E-state index in [4.69, 9.17) is 4.99 Å². The Labute approximate surface area is 213 Å². The maximum absolute atomic E-state index is 4.81. The van der Waals surface area contributed by atoms with Crippen LogP contribution in [0.4, 0.5) is 0 Å². The largest absolute Gasteiger partial charge is 0.357 e. The summed E-state index contributed by atoms with van der Waals surface area (Å²) in [5.41, 5.74) is 2.42. The molecule has 2 aromatic carbocycles. The summed E-state index contributed by atoms with van der Waals surface area (Å²) in [4.78, 5) is 7.37. The van der Waals surface area contributed by atoms with Crippen molar-refractivity contribution < 1.29 is 0 Å². The highest BCUT2D eigenvalue weighted by atomic mass is 127. The van der Waals surface area contributed by atoms with Gasteiger partial charge in [0.1, 0.15) is 12.9 Å². The van der Waals surface area contributed by atoms with Gasteiger partial charge in [0.25, 0.3) is 0 Å². The normalized spacial score (nSPS) is 19.0. The van der Waals surface area contributed by atoms with Crippen LogP contribution in [0.2, 0.25) is 0 Å². The maximum atomic E-state index is 4.81. The van der Waals surface area contributed by atoms with E-state index in [0.29, 0.717) is 18.6 Å². The van der Waals surface area contributed by atoms with Crippen LogP contribution in [0.1, 0.15) is 38.1 Å². The summed E-state index contributed by atoms with van der Waals surface area (Å²) >= 11 is 0. The molecule has 1 fully saturated rings. The molecule has 1 aliphatic heterocycles. The van der Waals surface area contributed by atoms with Crippen LogP contribution in [0.25, 0.3) is 5.69 Å². The Kier molecular flexibility index (Phi) is 9.68. The van der Waals surface area contributed by atoms with Crippen LogP contribution in [-0.4, -0.2) is 50.8 Å². The number of nitrogens with one attached hydrogen (secondary N) is 2. The van der Waals surface area contributed by atoms with E-state index in [1.165, 1.54) is 5.56 Å². The number of benzene rings is 2. The molecule has 2 unspecified atom stereocenters. The minimum Gasteiger partial charge on any atom is -0.357 e. The van der Waals surface area contributed by atoms with Crippen molar-refractivity contribution in [3.05, 3.63) is 78.4 Å². The van der Waals surface area contributed by atoms with Crippen molar-refractivity contribution in [3.63, 3.8) is 0 Å². The first-order valence-corrected chi connectivity index (χ1v) is 11.5. The van der Waals surface area contributed by atoms with Gasteiger partial charge in [-0.1, -0.05) is 48.5 Å². The second kappa shape index (κ2) is 12.7. The highest BCUT2D eigenvalue weighted by Crippen LogP contribution is 2.20. The molecule has 2 atom stereocenters. The molecule has 0 aliphatic carbocycles. The Balaban J connectivity index is 0.00000306. The SMILES string of the molecule is CCNC(=NCc1nncn1-c1ccccc1)NC1CCN(Cc2ccccc2)C(C)C1.I. The smallest absolute Gasteiger partial charge is 0.191 e. The zero-order valence-corrected chi connectivity index (χ0v) is 21.7. The zero-order chi connectivity index (χ0) is 22.2. The number of hydrogen-bond acceptors (Lipinski definition) is 4. The van der Waals surface area contributed by atoms with Crippen molar-refractivity contribution in [1.29, 1.82) is 0 Å². The van der Waals surface area contributed by atoms with Crippen molar-refractivity contribution in [2.45, 2.75) is 51.9 Å². The summed E-state index contributed by atoms with van der Waals surface area (Å²) in [6, 6.07) is 21.8. The molecule has 2 N–H and O–H groups in total. The number of aliphatic imine (C=N–C) groups is 1. The highest BCUT2D eigenvalue weighted by Gasteiger charge is 2.26. The van der Waals surface area contributed by atoms with Crippen LogP contribution in [0.3, 0.4) is 0 Å². The van der Waals surface area contributed by atoms with E-state index in [0.717, 1.165) is 49.9 Å². The monoisotopic (exact) mass is 559 g/mol. The number of hydrogen-bond donors (Lipinski definition) is 2. The van der Waals surface area contributed by atoms with Crippen molar-refractivity contribution >= 4 is 29.9 Å². The van der Waals surface area contributed by atoms with E-state index in [1.807, 2.05) is 34.9 Å². The summed E-state index contributed by atoms with van der Waals surface area (Å²) in [5.74, 6) is 1.66. The second-order valence-electron chi connectivity index (χ2n) is 8.32. The number of likely N-dealkylation sites (tertiary alicyclic amines) is 1. The summed E-state index contributed by atoms with van der Waals surface area (Å²) in [5, 5.41) is 15.4. The fraction of sp³-hybridized carbons (Fsp3) is 0.400. The topological polar surface area (TPSA) is 70.4 Å². The molecule has 0 radical (unpaired) electrons. The molecule has 1 saturated heterocycles. The molecule has 0 saturated carbocycles. The van der Waals surface area contributed by atoms with Crippen molar-refractivity contribution in [3.8, 4) is 5.69 Å². The Hall–Kier alpha value is -2.46. The van der Waals surface area contributed by atoms with Gasteiger partial charge in [-0.2, -0.15) is 0 Å². The molecule has 0 bridgehead atoms. The van der Waals surface area contributed by atoms with Crippen LogP contribution in [0.15, 0.2) is 72.0 Å². The molecule has 33 heavy (non-hydrogen) atoms. The van der Waals surface area contributed by atoms with Gasteiger partial charge < -0.3 is 10.6 Å². The molecule has 8 heteroatoms. The van der Waals surface area contributed by atoms with Crippen LogP contribution in [0, 0.1) is 0 Å². The number of aromatic nitrogens is 3. The Morgan fingerprint density at radius 1 is 1.09 bits per heavy atom. The molecule has 3 aromatic rings. The van der Waals surface area contributed by atoms with Crippen molar-refractivity contribution in [1.82, 2.24) is 30.3 Å². The minimum absolute atomic E-state index is 0. The standard InChI is InChI=1S/C25H33N7.HI/c1-3-26-25(27-17-24-30-28-19-32(24)23-12-8-5-9-13-23)29-22-14-15-31(20(2)16-22)18-21-10-6-4-7-11-21;/h4-13,19-20,22H,3,14-18H2,1-2H3,(H2,26,27,29);1H. The molecular weight excluding hydrogens is 525 g/mol. The van der Waals surface area contributed by atoms with Crippen LogP contribution < -0.4 is 10.6 Å². The van der Waals surface area contributed by atoms with Gasteiger partial charge in [-0.25, -0.2) is 4.99 Å². The van der Waals surface area contributed by atoms with E-state index < -0.39 is 0 Å². The van der Waals surface area contributed by atoms with Gasteiger partial charge in [0.05, 0.1) is 0 Å². The third-order valence-corrected chi connectivity index (χ3v) is 5.96. The van der Waals surface area contributed by atoms with Gasteiger partial charge in [0.15, 0.2) is 11.8 Å². The van der Waals surface area contributed by atoms with E-state index >= 15 is 0 Å². The molecule has 4 rings (SSSR count). The maximum Gasteiger partial charge on any atom is 0.191 e. The Morgan fingerprint density at radius 3 is 2.52 bits per heavy atom. The fourth-order valence-corrected chi connectivity index (χ4v) is 4.24. The van der Waals surface area contributed by atoms with Gasteiger partial charge in [-0.3, -0.25) is 9.47 Å². The number of para-hydroxylation sites is 1. The molecule has 2 heterocycles. The molecule has 1 aromatic heterocycles. The number of rotatable bonds is 7.